The van der Waals surface area contributed by atoms with Crippen molar-refractivity contribution in [2.75, 3.05) is 19.7 Å². The van der Waals surface area contributed by atoms with E-state index in [0.717, 1.165) is 0 Å². The van der Waals surface area contributed by atoms with E-state index < -0.39 is 12.1 Å². The van der Waals surface area contributed by atoms with E-state index in [1.54, 1.807) is 11.8 Å². The Morgan fingerprint density at radius 1 is 1.61 bits per heavy atom. The molecule has 98 valence electrons. The fourth-order valence-electron chi connectivity index (χ4n) is 1.90. The molecule has 1 aliphatic rings. The van der Waals surface area contributed by atoms with Crippen LogP contribution in [0.3, 0.4) is 0 Å². The molecule has 1 N–H and O–H groups in total. The molecule has 0 spiro atoms. The van der Waals surface area contributed by atoms with E-state index in [2.05, 4.69) is 5.16 Å². The van der Waals surface area contributed by atoms with E-state index >= 15 is 0 Å². The van der Waals surface area contributed by atoms with E-state index in [1.807, 2.05) is 0 Å². The van der Waals surface area contributed by atoms with Crippen LogP contribution in [-0.4, -0.2) is 52.8 Å². The second kappa shape index (κ2) is 5.18. The summed E-state index contributed by atoms with van der Waals surface area (Å²) in [5.41, 5.74) is 0.408. The molecule has 0 radical (unpaired) electrons. The van der Waals surface area contributed by atoms with E-state index in [4.69, 9.17) is 14.4 Å². The lowest BCUT2D eigenvalue weighted by Crippen LogP contribution is -2.46. The Morgan fingerprint density at radius 2 is 2.39 bits per heavy atom. The Hall–Kier alpha value is -1.89. The third kappa shape index (κ3) is 2.67. The van der Waals surface area contributed by atoms with Crippen LogP contribution in [0.15, 0.2) is 10.7 Å². The van der Waals surface area contributed by atoms with Crippen LogP contribution in [0.25, 0.3) is 0 Å². The molecule has 1 atom stereocenters. The Balaban J connectivity index is 2.03. The SMILES string of the molecule is Cc1oncc1C(=O)N1CCOC(CC(=O)O)C1. The Labute approximate surface area is 103 Å². The highest BCUT2D eigenvalue weighted by Crippen LogP contribution is 2.14. The molecule has 1 fully saturated rings. The molecule has 7 nitrogen and oxygen atoms in total. The van der Waals surface area contributed by atoms with Crippen molar-refractivity contribution in [3.8, 4) is 0 Å². The highest BCUT2D eigenvalue weighted by atomic mass is 16.5. The number of nitrogens with zero attached hydrogens (tertiary/aromatic N) is 2. The second-order valence-corrected chi connectivity index (χ2v) is 4.14. The molecule has 0 saturated carbocycles. The molecule has 1 aliphatic heterocycles. The lowest BCUT2D eigenvalue weighted by atomic mass is 10.1. The van der Waals surface area contributed by atoms with E-state index in [1.165, 1.54) is 6.20 Å². The first-order chi connectivity index (χ1) is 8.58. The Morgan fingerprint density at radius 3 is 3.00 bits per heavy atom. The minimum atomic E-state index is -0.935. The van der Waals surface area contributed by atoms with Crippen LogP contribution in [0.1, 0.15) is 22.5 Å². The first-order valence-corrected chi connectivity index (χ1v) is 5.62. The Kier molecular flexibility index (Phi) is 3.61. The number of aryl methyl sites for hydroxylation is 1. The van der Waals surface area contributed by atoms with Gasteiger partial charge < -0.3 is 19.3 Å². The average molecular weight is 254 g/mol. The molecular weight excluding hydrogens is 240 g/mol. The summed E-state index contributed by atoms with van der Waals surface area (Å²) >= 11 is 0. The van der Waals surface area contributed by atoms with Gasteiger partial charge in [0.1, 0.15) is 11.3 Å². The molecule has 2 rings (SSSR count). The number of aliphatic carboxylic acids is 1. The lowest BCUT2D eigenvalue weighted by molar-refractivity contribution is -0.141. The van der Waals surface area contributed by atoms with Crippen molar-refractivity contribution >= 4 is 11.9 Å². The zero-order valence-electron chi connectivity index (χ0n) is 9.96. The molecule has 0 aliphatic carbocycles. The number of hydrogen-bond donors (Lipinski definition) is 1. The molecule has 1 aromatic heterocycles. The van der Waals surface area contributed by atoms with Gasteiger partial charge >= 0.3 is 5.97 Å². The normalized spacial score (nSPS) is 19.8. The van der Waals surface area contributed by atoms with Crippen LogP contribution in [-0.2, 0) is 9.53 Å². The van der Waals surface area contributed by atoms with Gasteiger partial charge in [-0.2, -0.15) is 0 Å². The van der Waals surface area contributed by atoms with Gasteiger partial charge in [-0.3, -0.25) is 9.59 Å². The smallest absolute Gasteiger partial charge is 0.306 e. The quantitative estimate of drug-likeness (QED) is 0.833. The topological polar surface area (TPSA) is 92.9 Å². The zero-order chi connectivity index (χ0) is 13.1. The number of hydrogen-bond acceptors (Lipinski definition) is 5. The minimum absolute atomic E-state index is 0.105. The minimum Gasteiger partial charge on any atom is -0.481 e. The summed E-state index contributed by atoms with van der Waals surface area (Å²) in [4.78, 5) is 24.3. The first-order valence-electron chi connectivity index (χ1n) is 5.62. The molecule has 18 heavy (non-hydrogen) atoms. The van der Waals surface area contributed by atoms with Gasteiger partial charge in [-0.15, -0.1) is 0 Å². The highest BCUT2D eigenvalue weighted by Gasteiger charge is 2.28. The largest absolute Gasteiger partial charge is 0.481 e. The Bertz CT molecular complexity index is 456. The summed E-state index contributed by atoms with van der Waals surface area (Å²) in [6.07, 6.45) is 0.812. The average Bonchev–Trinajstić information content (AvgIpc) is 2.74. The standard InChI is InChI=1S/C11H14N2O5/c1-7-9(5-12-18-7)11(16)13-2-3-17-8(6-13)4-10(14)15/h5,8H,2-4,6H2,1H3,(H,14,15). The highest BCUT2D eigenvalue weighted by molar-refractivity contribution is 5.94. The summed E-state index contributed by atoms with van der Waals surface area (Å²) < 4.78 is 10.1. The monoisotopic (exact) mass is 254 g/mol. The van der Waals surface area contributed by atoms with Gasteiger partial charge in [0, 0.05) is 13.1 Å². The molecular formula is C11H14N2O5. The van der Waals surface area contributed by atoms with Crippen molar-refractivity contribution < 1.29 is 24.0 Å². The third-order valence-electron chi connectivity index (χ3n) is 2.81. The molecule has 1 unspecified atom stereocenters. The molecule has 1 amide bonds. The number of amides is 1. The fourth-order valence-corrected chi connectivity index (χ4v) is 1.90. The van der Waals surface area contributed by atoms with Gasteiger partial charge in [0.15, 0.2) is 0 Å². The van der Waals surface area contributed by atoms with Crippen molar-refractivity contribution in [2.24, 2.45) is 0 Å². The lowest BCUT2D eigenvalue weighted by Gasteiger charge is -2.32. The zero-order valence-corrected chi connectivity index (χ0v) is 9.96. The van der Waals surface area contributed by atoms with E-state index in [9.17, 15) is 9.59 Å². The van der Waals surface area contributed by atoms with Crippen LogP contribution in [0.5, 0.6) is 0 Å². The van der Waals surface area contributed by atoms with Crippen molar-refractivity contribution in [1.82, 2.24) is 10.1 Å². The maximum absolute atomic E-state index is 12.1. The maximum atomic E-state index is 12.1. The third-order valence-corrected chi connectivity index (χ3v) is 2.81. The molecule has 0 aromatic carbocycles. The van der Waals surface area contributed by atoms with Gasteiger partial charge in [-0.1, -0.05) is 5.16 Å². The summed E-state index contributed by atoms with van der Waals surface area (Å²) in [5.74, 6) is -0.677. The number of carboxylic acid groups (broad SMARTS) is 1. The molecule has 0 bridgehead atoms. The fraction of sp³-hybridized carbons (Fsp3) is 0.545. The van der Waals surface area contributed by atoms with Crippen molar-refractivity contribution in [1.29, 1.82) is 0 Å². The van der Waals surface area contributed by atoms with Gasteiger partial charge in [-0.05, 0) is 6.92 Å². The van der Waals surface area contributed by atoms with Crippen LogP contribution in [0.4, 0.5) is 0 Å². The molecule has 7 heteroatoms. The predicted molar refractivity (Wildman–Crippen MR) is 59.1 cm³/mol. The number of aromatic nitrogens is 1. The van der Waals surface area contributed by atoms with Gasteiger partial charge in [-0.25, -0.2) is 0 Å². The van der Waals surface area contributed by atoms with Gasteiger partial charge in [0.2, 0.25) is 0 Å². The van der Waals surface area contributed by atoms with Crippen LogP contribution < -0.4 is 0 Å². The van der Waals surface area contributed by atoms with Crippen LogP contribution in [0, 0.1) is 6.92 Å². The van der Waals surface area contributed by atoms with Crippen molar-refractivity contribution in [3.05, 3.63) is 17.5 Å². The molecule has 1 aromatic rings. The van der Waals surface area contributed by atoms with Crippen LogP contribution >= 0.6 is 0 Å². The van der Waals surface area contributed by atoms with Gasteiger partial charge in [0.25, 0.3) is 5.91 Å². The predicted octanol–water partition coefficient (Wildman–Crippen LogP) is 0.299. The van der Waals surface area contributed by atoms with Gasteiger partial charge in [0.05, 0.1) is 25.3 Å². The van der Waals surface area contributed by atoms with E-state index in [0.29, 0.717) is 24.5 Å². The number of carbonyl (C=O) groups is 2. The first kappa shape index (κ1) is 12.6. The number of morpholine rings is 1. The van der Waals surface area contributed by atoms with Crippen molar-refractivity contribution in [3.63, 3.8) is 0 Å². The summed E-state index contributed by atoms with van der Waals surface area (Å²) in [6, 6.07) is 0. The summed E-state index contributed by atoms with van der Waals surface area (Å²) in [5, 5.41) is 12.3. The number of carboxylic acids is 1. The molecule has 1 saturated heterocycles. The van der Waals surface area contributed by atoms with E-state index in [-0.39, 0.29) is 18.9 Å². The summed E-state index contributed by atoms with van der Waals surface area (Å²) in [7, 11) is 0. The summed E-state index contributed by atoms with van der Waals surface area (Å²) in [6.45, 7) is 2.72. The molecule has 2 heterocycles. The van der Waals surface area contributed by atoms with Crippen molar-refractivity contribution in [2.45, 2.75) is 19.4 Å². The second-order valence-electron chi connectivity index (χ2n) is 4.14. The van der Waals surface area contributed by atoms with Crippen LogP contribution in [0.2, 0.25) is 0 Å². The number of ether oxygens (including phenoxy) is 1. The number of rotatable bonds is 3. The number of carbonyl (C=O) groups excluding carboxylic acids is 1. The maximum Gasteiger partial charge on any atom is 0.306 e.